The van der Waals surface area contributed by atoms with Crippen molar-refractivity contribution in [2.24, 2.45) is 0 Å². The topological polar surface area (TPSA) is 64.1 Å². The summed E-state index contributed by atoms with van der Waals surface area (Å²) in [5, 5.41) is 6.81. The second kappa shape index (κ2) is 4.22. The summed E-state index contributed by atoms with van der Waals surface area (Å²) in [6, 6.07) is 6.00. The number of halogens is 1. The zero-order valence-electron chi connectivity index (χ0n) is 8.83. The molecule has 0 fully saturated rings. The highest BCUT2D eigenvalue weighted by molar-refractivity contribution is 5.65. The third kappa shape index (κ3) is 2.31. The summed E-state index contributed by atoms with van der Waals surface area (Å²) in [6.07, 6.45) is 0. The third-order valence-electron chi connectivity index (χ3n) is 2.15. The molecule has 84 valence electrons. The Morgan fingerprint density at radius 2 is 2.25 bits per heavy atom. The fraction of sp³-hybridized carbons (Fsp3) is 0.182. The van der Waals surface area contributed by atoms with Crippen LogP contribution in [0.3, 0.4) is 0 Å². The van der Waals surface area contributed by atoms with Gasteiger partial charge in [-0.2, -0.15) is 0 Å². The molecule has 16 heavy (non-hydrogen) atoms. The standard InChI is InChI=1S/C11H12FN3O/c1-7-4-9(15-16-7)6-14-11-5-8(12)2-3-10(11)13/h2-5,14H,6,13H2,1H3. The Morgan fingerprint density at radius 3 is 2.94 bits per heavy atom. The van der Waals surface area contributed by atoms with Crippen LogP contribution in [0.1, 0.15) is 11.5 Å². The number of aromatic nitrogens is 1. The monoisotopic (exact) mass is 221 g/mol. The minimum atomic E-state index is -0.326. The minimum absolute atomic E-state index is 0.326. The van der Waals surface area contributed by atoms with Gasteiger partial charge in [0.2, 0.25) is 0 Å². The van der Waals surface area contributed by atoms with Gasteiger partial charge in [0.15, 0.2) is 0 Å². The van der Waals surface area contributed by atoms with Crippen molar-refractivity contribution >= 4 is 11.4 Å². The lowest BCUT2D eigenvalue weighted by Gasteiger charge is -2.07. The molecule has 0 aliphatic rings. The summed E-state index contributed by atoms with van der Waals surface area (Å²) in [5.41, 5.74) is 7.49. The number of nitrogens with zero attached hydrogens (tertiary/aromatic N) is 1. The van der Waals surface area contributed by atoms with Crippen molar-refractivity contribution in [1.82, 2.24) is 5.16 Å². The first-order valence-corrected chi connectivity index (χ1v) is 4.86. The molecule has 0 aliphatic carbocycles. The largest absolute Gasteiger partial charge is 0.397 e. The predicted molar refractivity (Wildman–Crippen MR) is 59.4 cm³/mol. The average molecular weight is 221 g/mol. The number of hydrogen-bond acceptors (Lipinski definition) is 4. The van der Waals surface area contributed by atoms with Gasteiger partial charge in [0, 0.05) is 6.07 Å². The number of hydrogen-bond donors (Lipinski definition) is 2. The first kappa shape index (κ1) is 10.5. The number of nitrogens with two attached hydrogens (primary N) is 1. The summed E-state index contributed by atoms with van der Waals surface area (Å²) in [7, 11) is 0. The molecule has 2 aromatic rings. The second-order valence-corrected chi connectivity index (χ2v) is 3.51. The smallest absolute Gasteiger partial charge is 0.133 e. The molecule has 2 rings (SSSR count). The van der Waals surface area contributed by atoms with Crippen molar-refractivity contribution in [3.63, 3.8) is 0 Å². The maximum atomic E-state index is 12.9. The van der Waals surface area contributed by atoms with E-state index in [1.54, 1.807) is 0 Å². The molecule has 0 saturated carbocycles. The van der Waals surface area contributed by atoms with Crippen LogP contribution in [0, 0.1) is 12.7 Å². The molecule has 0 amide bonds. The Hall–Kier alpha value is -2.04. The van der Waals surface area contributed by atoms with Gasteiger partial charge in [0.1, 0.15) is 17.3 Å². The number of anilines is 2. The number of benzene rings is 1. The van der Waals surface area contributed by atoms with Crippen LogP contribution in [0.2, 0.25) is 0 Å². The summed E-state index contributed by atoms with van der Waals surface area (Å²) < 4.78 is 17.9. The normalized spacial score (nSPS) is 10.4. The number of rotatable bonds is 3. The van der Waals surface area contributed by atoms with Crippen molar-refractivity contribution in [2.45, 2.75) is 13.5 Å². The molecular formula is C11H12FN3O. The van der Waals surface area contributed by atoms with E-state index < -0.39 is 0 Å². The SMILES string of the molecule is Cc1cc(CNc2cc(F)ccc2N)no1. The molecule has 0 unspecified atom stereocenters. The van der Waals surface area contributed by atoms with Crippen molar-refractivity contribution in [3.05, 3.63) is 41.5 Å². The van der Waals surface area contributed by atoms with Gasteiger partial charge < -0.3 is 15.6 Å². The maximum Gasteiger partial charge on any atom is 0.133 e. The number of nitrogens with one attached hydrogen (secondary N) is 1. The van der Waals surface area contributed by atoms with Gasteiger partial charge >= 0.3 is 0 Å². The molecule has 0 spiro atoms. The fourth-order valence-electron chi connectivity index (χ4n) is 1.37. The van der Waals surface area contributed by atoms with E-state index in [4.69, 9.17) is 10.3 Å². The summed E-state index contributed by atoms with van der Waals surface area (Å²) >= 11 is 0. The van der Waals surface area contributed by atoms with E-state index >= 15 is 0 Å². The van der Waals surface area contributed by atoms with Gasteiger partial charge in [-0.3, -0.25) is 0 Å². The van der Waals surface area contributed by atoms with Gasteiger partial charge in [-0.05, 0) is 25.1 Å². The zero-order chi connectivity index (χ0) is 11.5. The lowest BCUT2D eigenvalue weighted by atomic mass is 10.2. The molecular weight excluding hydrogens is 209 g/mol. The molecule has 0 aliphatic heterocycles. The minimum Gasteiger partial charge on any atom is -0.397 e. The van der Waals surface area contributed by atoms with Gasteiger partial charge in [-0.1, -0.05) is 5.16 Å². The van der Waals surface area contributed by atoms with Gasteiger partial charge in [-0.15, -0.1) is 0 Å². The first-order chi connectivity index (χ1) is 7.65. The van der Waals surface area contributed by atoms with E-state index in [1.165, 1.54) is 18.2 Å². The predicted octanol–water partition coefficient (Wildman–Crippen LogP) is 2.32. The highest BCUT2D eigenvalue weighted by Crippen LogP contribution is 2.19. The van der Waals surface area contributed by atoms with Crippen LogP contribution in [0.5, 0.6) is 0 Å². The zero-order valence-corrected chi connectivity index (χ0v) is 8.83. The van der Waals surface area contributed by atoms with Crippen LogP contribution in [-0.2, 0) is 6.54 Å². The van der Waals surface area contributed by atoms with Crippen LogP contribution in [0.4, 0.5) is 15.8 Å². The van der Waals surface area contributed by atoms with Gasteiger partial charge in [0.05, 0.1) is 17.9 Å². The lowest BCUT2D eigenvalue weighted by Crippen LogP contribution is -2.03. The highest BCUT2D eigenvalue weighted by atomic mass is 19.1. The van der Waals surface area contributed by atoms with E-state index in [2.05, 4.69) is 10.5 Å². The van der Waals surface area contributed by atoms with Crippen molar-refractivity contribution in [3.8, 4) is 0 Å². The van der Waals surface area contributed by atoms with E-state index in [9.17, 15) is 4.39 Å². The number of nitrogen functional groups attached to an aromatic ring is 1. The van der Waals surface area contributed by atoms with Crippen LogP contribution >= 0.6 is 0 Å². The van der Waals surface area contributed by atoms with Crippen molar-refractivity contribution in [1.29, 1.82) is 0 Å². The van der Waals surface area contributed by atoms with Crippen LogP contribution in [0.25, 0.3) is 0 Å². The van der Waals surface area contributed by atoms with E-state index in [0.717, 1.165) is 11.5 Å². The molecule has 0 atom stereocenters. The van der Waals surface area contributed by atoms with Gasteiger partial charge in [0.25, 0.3) is 0 Å². The molecule has 5 heteroatoms. The average Bonchev–Trinajstić information content (AvgIpc) is 2.66. The van der Waals surface area contributed by atoms with Crippen LogP contribution < -0.4 is 11.1 Å². The van der Waals surface area contributed by atoms with Crippen LogP contribution in [-0.4, -0.2) is 5.16 Å². The third-order valence-corrected chi connectivity index (χ3v) is 2.15. The Kier molecular flexibility index (Phi) is 2.76. The quantitative estimate of drug-likeness (QED) is 0.781. The molecule has 4 nitrogen and oxygen atoms in total. The Labute approximate surface area is 92.2 Å². The molecule has 1 aromatic heterocycles. The van der Waals surface area contributed by atoms with Gasteiger partial charge in [-0.25, -0.2) is 4.39 Å². The molecule has 1 heterocycles. The van der Waals surface area contributed by atoms with E-state index in [1.807, 2.05) is 13.0 Å². The molecule has 0 radical (unpaired) electrons. The maximum absolute atomic E-state index is 12.9. The Bertz CT molecular complexity index is 496. The summed E-state index contributed by atoms with van der Waals surface area (Å²) in [4.78, 5) is 0. The fourth-order valence-corrected chi connectivity index (χ4v) is 1.37. The highest BCUT2D eigenvalue weighted by Gasteiger charge is 2.03. The van der Waals surface area contributed by atoms with Crippen LogP contribution in [0.15, 0.2) is 28.8 Å². The summed E-state index contributed by atoms with van der Waals surface area (Å²) in [6.45, 7) is 2.26. The summed E-state index contributed by atoms with van der Waals surface area (Å²) in [5.74, 6) is 0.414. The van der Waals surface area contributed by atoms with E-state index in [0.29, 0.717) is 17.9 Å². The Balaban J connectivity index is 2.07. The second-order valence-electron chi connectivity index (χ2n) is 3.51. The van der Waals surface area contributed by atoms with E-state index in [-0.39, 0.29) is 5.82 Å². The molecule has 0 saturated heterocycles. The number of aryl methyl sites for hydroxylation is 1. The molecule has 3 N–H and O–H groups in total. The molecule has 1 aromatic carbocycles. The Morgan fingerprint density at radius 1 is 1.44 bits per heavy atom. The first-order valence-electron chi connectivity index (χ1n) is 4.86. The van der Waals surface area contributed by atoms with Crippen molar-refractivity contribution < 1.29 is 8.91 Å². The van der Waals surface area contributed by atoms with Crippen molar-refractivity contribution in [2.75, 3.05) is 11.1 Å². The molecule has 0 bridgehead atoms. The lowest BCUT2D eigenvalue weighted by molar-refractivity contribution is 0.391.